The lowest BCUT2D eigenvalue weighted by Crippen LogP contribution is -2.29. The SMILES string of the molecule is CCc1ccsc1C(N)c1ccc2[nH]c(=O)c(=O)[nH]c2c1. The zero-order chi connectivity index (χ0) is 15.0. The van der Waals surface area contributed by atoms with Gasteiger partial charge in [-0.05, 0) is 41.1 Å². The van der Waals surface area contributed by atoms with Crippen LogP contribution in [0.1, 0.15) is 29.0 Å². The van der Waals surface area contributed by atoms with Crippen LogP contribution in [0.4, 0.5) is 0 Å². The topological polar surface area (TPSA) is 91.7 Å². The van der Waals surface area contributed by atoms with E-state index in [9.17, 15) is 9.59 Å². The third-order valence-corrected chi connectivity index (χ3v) is 4.59. The minimum absolute atomic E-state index is 0.236. The Morgan fingerprint density at radius 3 is 2.57 bits per heavy atom. The molecule has 1 aromatic carbocycles. The summed E-state index contributed by atoms with van der Waals surface area (Å²) in [6.45, 7) is 2.10. The lowest BCUT2D eigenvalue weighted by atomic mass is 10.0. The quantitative estimate of drug-likeness (QED) is 0.645. The first kappa shape index (κ1) is 13.8. The van der Waals surface area contributed by atoms with Gasteiger partial charge in [0.25, 0.3) is 0 Å². The second kappa shape index (κ2) is 5.31. The van der Waals surface area contributed by atoms with Crippen molar-refractivity contribution in [1.82, 2.24) is 9.97 Å². The van der Waals surface area contributed by atoms with Crippen LogP contribution >= 0.6 is 11.3 Å². The fraction of sp³-hybridized carbons (Fsp3) is 0.200. The van der Waals surface area contributed by atoms with Crippen LogP contribution in [-0.2, 0) is 6.42 Å². The van der Waals surface area contributed by atoms with E-state index in [2.05, 4.69) is 23.0 Å². The van der Waals surface area contributed by atoms with Crippen LogP contribution in [0.2, 0.25) is 0 Å². The van der Waals surface area contributed by atoms with E-state index < -0.39 is 11.1 Å². The number of aromatic amines is 2. The first-order chi connectivity index (χ1) is 10.1. The zero-order valence-corrected chi connectivity index (χ0v) is 12.3. The van der Waals surface area contributed by atoms with Crippen LogP contribution in [0.25, 0.3) is 11.0 Å². The molecule has 3 aromatic rings. The fourth-order valence-corrected chi connectivity index (χ4v) is 3.42. The lowest BCUT2D eigenvalue weighted by molar-refractivity contribution is 0.875. The van der Waals surface area contributed by atoms with E-state index in [0.29, 0.717) is 11.0 Å². The summed E-state index contributed by atoms with van der Waals surface area (Å²) in [7, 11) is 0. The van der Waals surface area contributed by atoms with Crippen molar-refractivity contribution in [2.75, 3.05) is 0 Å². The van der Waals surface area contributed by atoms with Gasteiger partial charge in [0.2, 0.25) is 0 Å². The first-order valence-corrected chi connectivity index (χ1v) is 7.56. The average Bonchev–Trinajstić information content (AvgIpc) is 2.95. The number of nitrogens with one attached hydrogen (secondary N) is 2. The van der Waals surface area contributed by atoms with Crippen LogP contribution in [0.5, 0.6) is 0 Å². The molecular weight excluding hydrogens is 286 g/mol. The predicted molar refractivity (Wildman–Crippen MR) is 84.9 cm³/mol. The molecule has 21 heavy (non-hydrogen) atoms. The number of fused-ring (bicyclic) bond motifs is 1. The van der Waals surface area contributed by atoms with E-state index in [4.69, 9.17) is 5.73 Å². The van der Waals surface area contributed by atoms with Gasteiger partial charge in [0, 0.05) is 4.88 Å². The predicted octanol–water partition coefficient (Wildman–Crippen LogP) is 1.89. The maximum atomic E-state index is 11.4. The van der Waals surface area contributed by atoms with E-state index in [0.717, 1.165) is 16.9 Å². The van der Waals surface area contributed by atoms with Crippen molar-refractivity contribution in [2.45, 2.75) is 19.4 Å². The Labute approximate surface area is 124 Å². The van der Waals surface area contributed by atoms with Gasteiger partial charge in [-0.2, -0.15) is 0 Å². The molecule has 1 unspecified atom stereocenters. The second-order valence-corrected chi connectivity index (χ2v) is 5.80. The number of hydrogen-bond donors (Lipinski definition) is 3. The molecule has 1 atom stereocenters. The smallest absolute Gasteiger partial charge is 0.314 e. The summed E-state index contributed by atoms with van der Waals surface area (Å²) in [5, 5.41) is 2.04. The molecule has 0 radical (unpaired) electrons. The van der Waals surface area contributed by atoms with E-state index in [1.165, 1.54) is 5.56 Å². The molecule has 2 heterocycles. The Balaban J connectivity index is 2.10. The van der Waals surface area contributed by atoms with Gasteiger partial charge in [0.1, 0.15) is 0 Å². The molecule has 0 aliphatic heterocycles. The number of rotatable bonds is 3. The third kappa shape index (κ3) is 2.43. The molecule has 3 rings (SSSR count). The highest BCUT2D eigenvalue weighted by Gasteiger charge is 2.14. The van der Waals surface area contributed by atoms with E-state index >= 15 is 0 Å². The molecule has 4 N–H and O–H groups in total. The summed E-state index contributed by atoms with van der Waals surface area (Å²) in [6, 6.07) is 7.30. The summed E-state index contributed by atoms with van der Waals surface area (Å²) in [5.41, 5.74) is 8.36. The van der Waals surface area contributed by atoms with Crippen molar-refractivity contribution >= 4 is 22.4 Å². The van der Waals surface area contributed by atoms with E-state index in [-0.39, 0.29) is 6.04 Å². The van der Waals surface area contributed by atoms with Gasteiger partial charge in [0.05, 0.1) is 17.1 Å². The summed E-state index contributed by atoms with van der Waals surface area (Å²) in [5.74, 6) is 0. The van der Waals surface area contributed by atoms with Crippen LogP contribution in [0, 0.1) is 0 Å². The molecule has 0 amide bonds. The van der Waals surface area contributed by atoms with Gasteiger partial charge in [-0.1, -0.05) is 13.0 Å². The molecule has 0 bridgehead atoms. The van der Waals surface area contributed by atoms with Crippen molar-refractivity contribution in [1.29, 1.82) is 0 Å². The highest BCUT2D eigenvalue weighted by Crippen LogP contribution is 2.29. The molecule has 5 nitrogen and oxygen atoms in total. The number of hydrogen-bond acceptors (Lipinski definition) is 4. The standard InChI is InChI=1S/C15H15N3O2S/c1-2-8-5-6-21-13(8)12(16)9-3-4-10-11(7-9)18-15(20)14(19)17-10/h3-7,12H,2,16H2,1H3,(H,17,19)(H,18,20). The van der Waals surface area contributed by atoms with Gasteiger partial charge < -0.3 is 15.7 Å². The molecule has 0 spiro atoms. The van der Waals surface area contributed by atoms with Gasteiger partial charge in [-0.25, -0.2) is 0 Å². The lowest BCUT2D eigenvalue weighted by Gasteiger charge is -2.13. The van der Waals surface area contributed by atoms with Crippen molar-refractivity contribution in [3.8, 4) is 0 Å². The molecule has 0 aliphatic carbocycles. The van der Waals surface area contributed by atoms with Crippen LogP contribution < -0.4 is 16.9 Å². The highest BCUT2D eigenvalue weighted by molar-refractivity contribution is 7.10. The minimum Gasteiger partial charge on any atom is -0.320 e. The Kier molecular flexibility index (Phi) is 3.48. The maximum absolute atomic E-state index is 11.4. The molecule has 2 aromatic heterocycles. The monoisotopic (exact) mass is 301 g/mol. The molecule has 0 fully saturated rings. The minimum atomic E-state index is -0.654. The molecule has 108 valence electrons. The van der Waals surface area contributed by atoms with Crippen molar-refractivity contribution < 1.29 is 0 Å². The van der Waals surface area contributed by atoms with Gasteiger partial charge in [-0.15, -0.1) is 11.3 Å². The Hall–Kier alpha value is -2.18. The average molecular weight is 301 g/mol. The molecule has 6 heteroatoms. The highest BCUT2D eigenvalue weighted by atomic mass is 32.1. The number of thiophene rings is 1. The zero-order valence-electron chi connectivity index (χ0n) is 11.5. The van der Waals surface area contributed by atoms with Gasteiger partial charge >= 0.3 is 11.1 Å². The summed E-state index contributed by atoms with van der Waals surface area (Å²) in [4.78, 5) is 29.0. The maximum Gasteiger partial charge on any atom is 0.314 e. The van der Waals surface area contributed by atoms with E-state index in [1.54, 1.807) is 17.4 Å². The van der Waals surface area contributed by atoms with Crippen LogP contribution in [0.15, 0.2) is 39.2 Å². The van der Waals surface area contributed by atoms with Crippen molar-refractivity contribution in [2.24, 2.45) is 5.73 Å². The number of nitrogens with two attached hydrogens (primary N) is 1. The van der Waals surface area contributed by atoms with Gasteiger partial charge in [-0.3, -0.25) is 9.59 Å². The molecule has 0 saturated carbocycles. The molecular formula is C15H15N3O2S. The fourth-order valence-electron chi connectivity index (χ4n) is 2.39. The second-order valence-electron chi connectivity index (χ2n) is 4.85. The summed E-state index contributed by atoms with van der Waals surface area (Å²) < 4.78 is 0. The molecule has 0 aliphatic rings. The Morgan fingerprint density at radius 2 is 1.86 bits per heavy atom. The first-order valence-electron chi connectivity index (χ1n) is 6.68. The van der Waals surface area contributed by atoms with Crippen molar-refractivity contribution in [3.05, 3.63) is 66.4 Å². The van der Waals surface area contributed by atoms with Crippen LogP contribution in [-0.4, -0.2) is 9.97 Å². The largest absolute Gasteiger partial charge is 0.320 e. The Bertz CT molecular complexity index is 907. The molecule has 0 saturated heterocycles. The number of benzene rings is 1. The Morgan fingerprint density at radius 1 is 1.14 bits per heavy atom. The van der Waals surface area contributed by atoms with Crippen LogP contribution in [0.3, 0.4) is 0 Å². The summed E-state index contributed by atoms with van der Waals surface area (Å²) in [6.07, 6.45) is 0.935. The number of aryl methyl sites for hydroxylation is 1. The third-order valence-electron chi connectivity index (χ3n) is 3.55. The number of H-pyrrole nitrogens is 2. The van der Waals surface area contributed by atoms with Gasteiger partial charge in [0.15, 0.2) is 0 Å². The number of aromatic nitrogens is 2. The summed E-state index contributed by atoms with van der Waals surface area (Å²) >= 11 is 1.63. The normalized spacial score (nSPS) is 12.7. The van der Waals surface area contributed by atoms with E-state index in [1.807, 2.05) is 17.5 Å². The van der Waals surface area contributed by atoms with Crippen molar-refractivity contribution in [3.63, 3.8) is 0 Å².